The number of fused-ring (bicyclic) bond motifs is 1. The number of amides is 1. The summed E-state index contributed by atoms with van der Waals surface area (Å²) in [5.74, 6) is -0.109. The molecule has 1 aromatic heterocycles. The molecule has 1 aliphatic rings. The Morgan fingerprint density at radius 1 is 1.60 bits per heavy atom. The van der Waals surface area contributed by atoms with E-state index in [-0.39, 0.29) is 5.91 Å². The molecule has 0 aromatic carbocycles. The molecule has 1 amide bonds. The van der Waals surface area contributed by atoms with Gasteiger partial charge in [-0.1, -0.05) is 0 Å². The molecule has 82 valence electrons. The summed E-state index contributed by atoms with van der Waals surface area (Å²) >= 11 is 0. The van der Waals surface area contributed by atoms with Crippen molar-refractivity contribution in [3.8, 4) is 0 Å². The van der Waals surface area contributed by atoms with Crippen molar-refractivity contribution in [3.63, 3.8) is 0 Å². The van der Waals surface area contributed by atoms with Gasteiger partial charge in [-0.05, 0) is 26.4 Å². The molecule has 2 N–H and O–H groups in total. The number of rotatable bonds is 1. The topological polar surface area (TPSA) is 61.0 Å². The molecule has 2 rings (SSSR count). The number of carbonyl (C=O) groups is 1. The first kappa shape index (κ1) is 10.2. The van der Waals surface area contributed by atoms with Gasteiger partial charge in [0.1, 0.15) is 0 Å². The molecule has 0 fully saturated rings. The van der Waals surface area contributed by atoms with Gasteiger partial charge in [0.15, 0.2) is 5.69 Å². The second kappa shape index (κ2) is 4.02. The number of nitrogens with one attached hydrogen (secondary N) is 2. The number of hydrogen-bond acceptors (Lipinski definition) is 3. The Labute approximate surface area is 88.8 Å². The maximum absolute atomic E-state index is 11.6. The van der Waals surface area contributed by atoms with Gasteiger partial charge in [-0.25, -0.2) is 0 Å². The summed E-state index contributed by atoms with van der Waals surface area (Å²) in [7, 11) is 3.69. The molecule has 0 spiro atoms. The quantitative estimate of drug-likeness (QED) is 0.690. The van der Waals surface area contributed by atoms with Gasteiger partial charge in [-0.3, -0.25) is 9.89 Å². The van der Waals surface area contributed by atoms with Gasteiger partial charge in [0.05, 0.1) is 0 Å². The smallest absolute Gasteiger partial charge is 0.271 e. The van der Waals surface area contributed by atoms with E-state index in [1.54, 1.807) is 7.05 Å². The number of nitrogens with zero attached hydrogens (tertiary/aromatic N) is 2. The van der Waals surface area contributed by atoms with Crippen LogP contribution in [0.25, 0.3) is 0 Å². The Morgan fingerprint density at radius 2 is 2.40 bits per heavy atom. The lowest BCUT2D eigenvalue weighted by molar-refractivity contribution is 0.0956. The normalized spacial score (nSPS) is 16.9. The fourth-order valence-electron chi connectivity index (χ4n) is 1.96. The third-order valence-corrected chi connectivity index (χ3v) is 2.79. The molecule has 0 saturated carbocycles. The molecule has 1 aromatic rings. The van der Waals surface area contributed by atoms with Crippen LogP contribution in [0.1, 0.15) is 28.2 Å². The Hall–Kier alpha value is -1.36. The average Bonchev–Trinajstić information content (AvgIpc) is 2.52. The Bertz CT molecular complexity index is 371. The summed E-state index contributed by atoms with van der Waals surface area (Å²) in [4.78, 5) is 13.8. The lowest BCUT2D eigenvalue weighted by Gasteiger charge is -2.12. The number of aromatic nitrogens is 2. The van der Waals surface area contributed by atoms with Crippen LogP contribution in [0, 0.1) is 0 Å². The van der Waals surface area contributed by atoms with Crippen molar-refractivity contribution in [1.82, 2.24) is 20.4 Å². The predicted octanol–water partition coefficient (Wildman–Crippen LogP) is 0.147. The number of hydrogen-bond donors (Lipinski definition) is 2. The predicted molar refractivity (Wildman–Crippen MR) is 56.6 cm³/mol. The van der Waals surface area contributed by atoms with Crippen LogP contribution in [0.4, 0.5) is 0 Å². The van der Waals surface area contributed by atoms with Crippen LogP contribution >= 0.6 is 0 Å². The molecule has 0 saturated heterocycles. The first-order valence-electron chi connectivity index (χ1n) is 5.19. The van der Waals surface area contributed by atoms with Crippen molar-refractivity contribution < 1.29 is 4.79 Å². The minimum atomic E-state index is -0.109. The SMILES string of the molecule is CNC(=O)c1n[nH]c2c1CN(C)CCC2. The maximum Gasteiger partial charge on any atom is 0.271 e. The molecule has 0 aliphatic carbocycles. The van der Waals surface area contributed by atoms with E-state index in [2.05, 4.69) is 27.5 Å². The average molecular weight is 208 g/mol. The van der Waals surface area contributed by atoms with Crippen molar-refractivity contribution in [1.29, 1.82) is 0 Å². The number of aryl methyl sites for hydroxylation is 1. The molecule has 5 nitrogen and oxygen atoms in total. The van der Waals surface area contributed by atoms with E-state index in [1.807, 2.05) is 0 Å². The van der Waals surface area contributed by atoms with E-state index in [9.17, 15) is 4.79 Å². The molecule has 0 atom stereocenters. The largest absolute Gasteiger partial charge is 0.354 e. The first-order chi connectivity index (χ1) is 7.22. The van der Waals surface area contributed by atoms with Crippen molar-refractivity contribution >= 4 is 5.91 Å². The monoisotopic (exact) mass is 208 g/mol. The fraction of sp³-hybridized carbons (Fsp3) is 0.600. The van der Waals surface area contributed by atoms with Crippen LogP contribution in [-0.4, -0.2) is 41.6 Å². The highest BCUT2D eigenvalue weighted by molar-refractivity contribution is 5.93. The molecular weight excluding hydrogens is 192 g/mol. The molecule has 0 bridgehead atoms. The summed E-state index contributed by atoms with van der Waals surface area (Å²) in [6, 6.07) is 0. The zero-order chi connectivity index (χ0) is 10.8. The van der Waals surface area contributed by atoms with Gasteiger partial charge >= 0.3 is 0 Å². The van der Waals surface area contributed by atoms with Gasteiger partial charge in [0.2, 0.25) is 0 Å². The van der Waals surface area contributed by atoms with Gasteiger partial charge < -0.3 is 10.2 Å². The summed E-state index contributed by atoms with van der Waals surface area (Å²) in [5.41, 5.74) is 2.70. The van der Waals surface area contributed by atoms with Crippen LogP contribution in [0.5, 0.6) is 0 Å². The van der Waals surface area contributed by atoms with Gasteiger partial charge in [-0.2, -0.15) is 5.10 Å². The highest BCUT2D eigenvalue weighted by Gasteiger charge is 2.21. The molecule has 1 aliphatic heterocycles. The second-order valence-corrected chi connectivity index (χ2v) is 3.95. The zero-order valence-corrected chi connectivity index (χ0v) is 9.13. The summed E-state index contributed by atoms with van der Waals surface area (Å²) in [6.45, 7) is 1.87. The lowest BCUT2D eigenvalue weighted by Crippen LogP contribution is -2.23. The standard InChI is InChI=1S/C10H16N4O/c1-11-10(15)9-7-6-14(2)5-3-4-8(7)12-13-9/h3-6H2,1-2H3,(H,11,15)(H,12,13). The van der Waals surface area contributed by atoms with Crippen molar-refractivity contribution in [2.75, 3.05) is 20.6 Å². The highest BCUT2D eigenvalue weighted by atomic mass is 16.1. The van der Waals surface area contributed by atoms with E-state index in [0.29, 0.717) is 5.69 Å². The Morgan fingerprint density at radius 3 is 3.13 bits per heavy atom. The summed E-state index contributed by atoms with van der Waals surface area (Å²) < 4.78 is 0. The summed E-state index contributed by atoms with van der Waals surface area (Å²) in [5, 5.41) is 9.66. The molecular formula is C10H16N4O. The van der Waals surface area contributed by atoms with Crippen molar-refractivity contribution in [2.45, 2.75) is 19.4 Å². The number of H-pyrrole nitrogens is 1. The minimum absolute atomic E-state index is 0.109. The summed E-state index contributed by atoms with van der Waals surface area (Å²) in [6.07, 6.45) is 2.09. The van der Waals surface area contributed by atoms with E-state index >= 15 is 0 Å². The molecule has 0 radical (unpaired) electrons. The van der Waals surface area contributed by atoms with Crippen LogP contribution in [0.2, 0.25) is 0 Å². The molecule has 15 heavy (non-hydrogen) atoms. The van der Waals surface area contributed by atoms with Gasteiger partial charge in [0, 0.05) is 24.8 Å². The van der Waals surface area contributed by atoms with Gasteiger partial charge in [0.25, 0.3) is 5.91 Å². The number of carbonyl (C=O) groups excluding carboxylic acids is 1. The Kier molecular flexibility index (Phi) is 2.73. The van der Waals surface area contributed by atoms with E-state index < -0.39 is 0 Å². The van der Waals surface area contributed by atoms with E-state index in [4.69, 9.17) is 0 Å². The first-order valence-corrected chi connectivity index (χ1v) is 5.19. The molecule has 5 heteroatoms. The molecule has 0 unspecified atom stereocenters. The van der Waals surface area contributed by atoms with Crippen LogP contribution in [-0.2, 0) is 13.0 Å². The highest BCUT2D eigenvalue weighted by Crippen LogP contribution is 2.18. The minimum Gasteiger partial charge on any atom is -0.354 e. The fourth-order valence-corrected chi connectivity index (χ4v) is 1.96. The third kappa shape index (κ3) is 1.87. The van der Waals surface area contributed by atoms with Crippen LogP contribution in [0.15, 0.2) is 0 Å². The van der Waals surface area contributed by atoms with E-state index in [1.165, 1.54) is 0 Å². The molecule has 2 heterocycles. The number of aromatic amines is 1. The van der Waals surface area contributed by atoms with Crippen LogP contribution in [0.3, 0.4) is 0 Å². The maximum atomic E-state index is 11.6. The second-order valence-electron chi connectivity index (χ2n) is 3.95. The third-order valence-electron chi connectivity index (χ3n) is 2.79. The van der Waals surface area contributed by atoms with E-state index in [0.717, 1.165) is 37.2 Å². The van der Waals surface area contributed by atoms with Crippen LogP contribution < -0.4 is 5.32 Å². The zero-order valence-electron chi connectivity index (χ0n) is 9.13. The Balaban J connectivity index is 2.35. The van der Waals surface area contributed by atoms with Gasteiger partial charge in [-0.15, -0.1) is 0 Å². The van der Waals surface area contributed by atoms with Crippen molar-refractivity contribution in [2.24, 2.45) is 0 Å². The van der Waals surface area contributed by atoms with Crippen molar-refractivity contribution in [3.05, 3.63) is 17.0 Å². The lowest BCUT2D eigenvalue weighted by atomic mass is 10.1.